The Hall–Kier alpha value is -3.52. The Morgan fingerprint density at radius 1 is 0.902 bits per heavy atom. The molecule has 3 rings (SSSR count). The summed E-state index contributed by atoms with van der Waals surface area (Å²) >= 11 is 1.41. The lowest BCUT2D eigenvalue weighted by Crippen LogP contribution is -2.54. The van der Waals surface area contributed by atoms with Gasteiger partial charge in [-0.3, -0.25) is 24.0 Å². The largest absolute Gasteiger partial charge is 0.379 e. The second-order valence-corrected chi connectivity index (χ2v) is 19.0. The number of ketones is 2. The lowest BCUT2D eigenvalue weighted by molar-refractivity contribution is -0.149. The zero-order chi connectivity index (χ0) is 45.6. The minimum Gasteiger partial charge on any atom is -0.379 e. The van der Waals surface area contributed by atoms with E-state index >= 15 is 0 Å². The van der Waals surface area contributed by atoms with Gasteiger partial charge >= 0.3 is 0 Å². The summed E-state index contributed by atoms with van der Waals surface area (Å²) < 4.78 is 12.2. The van der Waals surface area contributed by atoms with E-state index in [1.807, 2.05) is 83.8 Å². The van der Waals surface area contributed by atoms with Gasteiger partial charge in [-0.1, -0.05) is 92.1 Å². The van der Waals surface area contributed by atoms with Crippen molar-refractivity contribution in [1.29, 1.82) is 0 Å². The summed E-state index contributed by atoms with van der Waals surface area (Å²) in [6.45, 7) is 17.7. The average molecular weight is 868 g/mol. The fourth-order valence-electron chi connectivity index (χ4n) is 8.71. The number of rotatable bonds is 26. The standard InChI is InChI=1S/C48H77N5O7S/c1-14-32(6)44(52(11)47(57)37(31(4)5)27-41(55)33(7)30(2)3)42(59-12)28-43(56)53-23-18-21-39(53)45(60-13)34(8)40(54)26-36(25-35-19-16-15-17-20-35)46-50-38(29-61-46)48(58)51(10)24-22-49-9/h15-17,19-20,29-34,36-37,39,42,44-45,49H,14,18,21-28H2,1-13H3/t32-,33-,34-,36+,37-,39-,42+,44-,45+/m0/s1. The maximum absolute atomic E-state index is 14.4. The molecule has 0 bridgehead atoms. The van der Waals surface area contributed by atoms with Gasteiger partial charge in [-0.2, -0.15) is 0 Å². The molecule has 0 saturated carbocycles. The Bertz CT molecular complexity index is 1700. The van der Waals surface area contributed by atoms with Crippen LogP contribution in [0.1, 0.15) is 121 Å². The van der Waals surface area contributed by atoms with Gasteiger partial charge in [0.1, 0.15) is 17.3 Å². The molecule has 2 aromatic rings. The van der Waals surface area contributed by atoms with Crippen molar-refractivity contribution in [3.8, 4) is 0 Å². The smallest absolute Gasteiger partial charge is 0.273 e. The molecule has 0 aliphatic carbocycles. The molecule has 0 unspecified atom stereocenters. The minimum absolute atomic E-state index is 0.00834. The summed E-state index contributed by atoms with van der Waals surface area (Å²) in [6.07, 6.45) is 2.13. The molecule has 3 amide bonds. The van der Waals surface area contributed by atoms with Crippen molar-refractivity contribution in [3.05, 3.63) is 52.0 Å². The number of hydrogen-bond acceptors (Lipinski definition) is 10. The quantitative estimate of drug-likeness (QED) is 0.104. The van der Waals surface area contributed by atoms with Crippen LogP contribution in [0.3, 0.4) is 0 Å². The van der Waals surface area contributed by atoms with Crippen LogP contribution in [-0.2, 0) is 35.1 Å². The topological polar surface area (TPSA) is 138 Å². The Kier molecular flexibility index (Phi) is 21.2. The van der Waals surface area contributed by atoms with Crippen LogP contribution in [0.25, 0.3) is 0 Å². The maximum atomic E-state index is 14.4. The van der Waals surface area contributed by atoms with Crippen LogP contribution >= 0.6 is 11.3 Å². The van der Waals surface area contributed by atoms with E-state index in [2.05, 4.69) is 19.2 Å². The molecule has 1 aliphatic heterocycles. The van der Waals surface area contributed by atoms with Crippen molar-refractivity contribution >= 4 is 40.6 Å². The van der Waals surface area contributed by atoms with Gasteiger partial charge in [-0.05, 0) is 49.6 Å². The lowest BCUT2D eigenvalue weighted by Gasteiger charge is -2.41. The van der Waals surface area contributed by atoms with Crippen LogP contribution in [-0.4, -0.2) is 128 Å². The highest BCUT2D eigenvalue weighted by molar-refractivity contribution is 7.10. The Labute approximate surface area is 370 Å². The third-order valence-corrected chi connectivity index (χ3v) is 14.3. The number of Topliss-reactive ketones (excluding diaryl/α,β-unsaturated/α-hetero) is 2. The molecule has 1 aliphatic rings. The minimum atomic E-state index is -0.590. The normalized spacial score (nSPS) is 18.3. The molecule has 0 spiro atoms. The highest BCUT2D eigenvalue weighted by Crippen LogP contribution is 2.34. The molecule has 342 valence electrons. The first-order chi connectivity index (χ1) is 28.9. The van der Waals surface area contributed by atoms with Crippen LogP contribution < -0.4 is 5.32 Å². The summed E-state index contributed by atoms with van der Waals surface area (Å²) in [4.78, 5) is 79.5. The number of aromatic nitrogens is 1. The van der Waals surface area contributed by atoms with E-state index in [-0.39, 0.29) is 84.2 Å². The molecule has 1 N–H and O–H groups in total. The van der Waals surface area contributed by atoms with Crippen molar-refractivity contribution in [3.63, 3.8) is 0 Å². The number of amides is 3. The molecular weight excluding hydrogens is 791 g/mol. The summed E-state index contributed by atoms with van der Waals surface area (Å²) in [5, 5.41) is 5.59. The van der Waals surface area contributed by atoms with E-state index in [4.69, 9.17) is 14.5 Å². The van der Waals surface area contributed by atoms with E-state index < -0.39 is 30.1 Å². The molecule has 1 aromatic carbocycles. The number of hydrogen-bond donors (Lipinski definition) is 1. The zero-order valence-corrected chi connectivity index (χ0v) is 40.3. The number of carbonyl (C=O) groups is 5. The number of nitrogens with zero attached hydrogens (tertiary/aromatic N) is 4. The summed E-state index contributed by atoms with van der Waals surface area (Å²) in [7, 11) is 8.59. The lowest BCUT2D eigenvalue weighted by atomic mass is 9.82. The number of carbonyl (C=O) groups excluding carboxylic acids is 5. The van der Waals surface area contributed by atoms with E-state index in [1.165, 1.54) is 11.3 Å². The van der Waals surface area contributed by atoms with Gasteiger partial charge in [0, 0.05) is 89.8 Å². The fourth-order valence-corrected chi connectivity index (χ4v) is 9.60. The molecule has 12 nitrogen and oxygen atoms in total. The van der Waals surface area contributed by atoms with Gasteiger partial charge in [0.05, 0.1) is 35.7 Å². The Balaban J connectivity index is 1.83. The van der Waals surface area contributed by atoms with Crippen molar-refractivity contribution in [1.82, 2.24) is 25.0 Å². The van der Waals surface area contributed by atoms with E-state index in [9.17, 15) is 24.0 Å². The predicted octanol–water partition coefficient (Wildman–Crippen LogP) is 7.16. The average Bonchev–Trinajstić information content (AvgIpc) is 3.95. The third kappa shape index (κ3) is 14.0. The molecule has 1 fully saturated rings. The number of thiazole rings is 1. The van der Waals surface area contributed by atoms with Crippen molar-refractivity contribution in [2.75, 3.05) is 55.0 Å². The Morgan fingerprint density at radius 2 is 1.56 bits per heavy atom. The third-order valence-electron chi connectivity index (χ3n) is 13.3. The van der Waals surface area contributed by atoms with Gasteiger partial charge in [0.25, 0.3) is 5.91 Å². The van der Waals surface area contributed by atoms with Gasteiger partial charge < -0.3 is 29.5 Å². The molecule has 1 saturated heterocycles. The van der Waals surface area contributed by atoms with Crippen LogP contribution in [0.4, 0.5) is 0 Å². The first kappa shape index (κ1) is 51.8. The van der Waals surface area contributed by atoms with E-state index in [0.29, 0.717) is 38.2 Å². The van der Waals surface area contributed by atoms with Gasteiger partial charge in [0.15, 0.2) is 0 Å². The number of ether oxygens (including phenoxy) is 2. The van der Waals surface area contributed by atoms with Crippen LogP contribution in [0, 0.1) is 35.5 Å². The molecule has 1 aromatic heterocycles. The van der Waals surface area contributed by atoms with Crippen molar-refractivity contribution in [2.24, 2.45) is 35.5 Å². The van der Waals surface area contributed by atoms with Gasteiger partial charge in [0.2, 0.25) is 11.8 Å². The van der Waals surface area contributed by atoms with Crippen molar-refractivity contribution < 1.29 is 33.4 Å². The molecule has 0 radical (unpaired) electrons. The summed E-state index contributed by atoms with van der Waals surface area (Å²) in [5.74, 6) is -1.52. The molecule has 61 heavy (non-hydrogen) atoms. The number of methoxy groups -OCH3 is 2. The van der Waals surface area contributed by atoms with Crippen molar-refractivity contribution in [2.45, 2.75) is 131 Å². The zero-order valence-electron chi connectivity index (χ0n) is 39.4. The number of nitrogens with one attached hydrogen (secondary N) is 1. The fraction of sp³-hybridized carbons (Fsp3) is 0.708. The number of likely N-dealkylation sites (tertiary alicyclic amines) is 1. The summed E-state index contributed by atoms with van der Waals surface area (Å²) in [6, 6.07) is 9.27. The van der Waals surface area contributed by atoms with Gasteiger partial charge in [-0.15, -0.1) is 11.3 Å². The van der Waals surface area contributed by atoms with Crippen LogP contribution in [0.15, 0.2) is 35.7 Å². The predicted molar refractivity (Wildman–Crippen MR) is 244 cm³/mol. The first-order valence-electron chi connectivity index (χ1n) is 22.5. The van der Waals surface area contributed by atoms with Crippen LogP contribution in [0.5, 0.6) is 0 Å². The van der Waals surface area contributed by atoms with Gasteiger partial charge in [-0.25, -0.2) is 4.98 Å². The molecular formula is C48H77N5O7S. The van der Waals surface area contributed by atoms with Crippen LogP contribution in [0.2, 0.25) is 0 Å². The summed E-state index contributed by atoms with van der Waals surface area (Å²) in [5.41, 5.74) is 1.45. The first-order valence-corrected chi connectivity index (χ1v) is 23.4. The second kappa shape index (κ2) is 24.9. The van der Waals surface area contributed by atoms with E-state index in [0.717, 1.165) is 23.4 Å². The number of likely N-dealkylation sites (N-methyl/N-ethyl adjacent to an activating group) is 3. The van der Waals surface area contributed by atoms with E-state index in [1.54, 1.807) is 43.5 Å². The highest BCUT2D eigenvalue weighted by Gasteiger charge is 2.43. The number of benzene rings is 1. The highest BCUT2D eigenvalue weighted by atomic mass is 32.1. The monoisotopic (exact) mass is 868 g/mol. The molecule has 13 heteroatoms. The Morgan fingerprint density at radius 3 is 2.13 bits per heavy atom. The molecule has 2 heterocycles. The second-order valence-electron chi connectivity index (χ2n) is 18.1. The maximum Gasteiger partial charge on any atom is 0.273 e. The SMILES string of the molecule is CC[C@H](C)[C@@H]([C@@H](CC(=O)N1CCC[C@H]1[C@H](OC)[C@@H](C)C(=O)C[C@@H](Cc1ccccc1)c1nc(C(=O)N(C)CCNC)cs1)OC)N(C)C(=O)[C@@H](CC(=O)[C@@H](C)C(C)C)C(C)C. The molecule has 9 atom stereocenters.